The topological polar surface area (TPSA) is 46.2 Å². The lowest BCUT2D eigenvalue weighted by molar-refractivity contribution is 0.492. The maximum absolute atomic E-state index is 12.2. The molecule has 0 spiro atoms. The average Bonchev–Trinajstić information content (AvgIpc) is 2.59. The lowest BCUT2D eigenvalue weighted by Gasteiger charge is -2.20. The van der Waals surface area contributed by atoms with Crippen LogP contribution in [0.15, 0.2) is 15.7 Å². The number of hydrogen-bond donors (Lipinski definition) is 1. The molecule has 0 aliphatic heterocycles. The third kappa shape index (κ3) is 4.41. The van der Waals surface area contributed by atoms with Crippen molar-refractivity contribution in [2.45, 2.75) is 56.7 Å². The zero-order valence-corrected chi connectivity index (χ0v) is 12.5. The Morgan fingerprint density at radius 2 is 2.00 bits per heavy atom. The molecule has 0 saturated carbocycles. The number of aryl methyl sites for hydroxylation is 1. The summed E-state index contributed by atoms with van der Waals surface area (Å²) < 4.78 is 27.6. The molecule has 0 bridgehead atoms. The predicted molar refractivity (Wildman–Crippen MR) is 73.0 cm³/mol. The Hall–Kier alpha value is -0.390. The lowest BCUT2D eigenvalue weighted by Crippen LogP contribution is -2.40. The molecule has 1 aromatic heterocycles. The summed E-state index contributed by atoms with van der Waals surface area (Å²) in [5.41, 5.74) is 0.499. The molecule has 98 valence electrons. The van der Waals surface area contributed by atoms with Crippen molar-refractivity contribution in [3.05, 3.63) is 17.0 Å². The van der Waals surface area contributed by atoms with E-state index in [1.165, 1.54) is 11.3 Å². The zero-order chi connectivity index (χ0) is 13.1. The van der Waals surface area contributed by atoms with E-state index in [0.29, 0.717) is 4.21 Å². The van der Waals surface area contributed by atoms with Crippen LogP contribution in [-0.4, -0.2) is 14.0 Å². The Labute approximate surface area is 108 Å². The van der Waals surface area contributed by atoms with Crippen LogP contribution in [0.3, 0.4) is 0 Å². The standard InChI is InChI=1S/C12H21NO2S2/c1-5-6-7-10-8-9-16-11(10)17(14,15)13-12(2,3)4/h8-9,13H,5-7H2,1-4H3. The van der Waals surface area contributed by atoms with E-state index in [1.54, 1.807) is 0 Å². The second kappa shape index (κ2) is 5.50. The van der Waals surface area contributed by atoms with Crippen molar-refractivity contribution in [1.29, 1.82) is 0 Å². The summed E-state index contributed by atoms with van der Waals surface area (Å²) in [6.07, 6.45) is 2.93. The Morgan fingerprint density at radius 3 is 2.53 bits per heavy atom. The molecule has 0 aromatic carbocycles. The number of unbranched alkanes of at least 4 members (excludes halogenated alkanes) is 1. The minimum atomic E-state index is -3.37. The van der Waals surface area contributed by atoms with Gasteiger partial charge in [0.1, 0.15) is 4.21 Å². The molecular weight excluding hydrogens is 254 g/mol. The van der Waals surface area contributed by atoms with Crippen molar-refractivity contribution in [2.24, 2.45) is 0 Å². The van der Waals surface area contributed by atoms with Gasteiger partial charge in [0.05, 0.1) is 0 Å². The molecule has 5 heteroatoms. The van der Waals surface area contributed by atoms with E-state index in [4.69, 9.17) is 0 Å². The highest BCUT2D eigenvalue weighted by molar-refractivity contribution is 7.91. The van der Waals surface area contributed by atoms with Gasteiger partial charge in [-0.2, -0.15) is 0 Å². The Kier molecular flexibility index (Phi) is 4.75. The highest BCUT2D eigenvalue weighted by Crippen LogP contribution is 2.25. The number of nitrogens with one attached hydrogen (secondary N) is 1. The van der Waals surface area contributed by atoms with Gasteiger partial charge in [-0.05, 0) is 50.6 Å². The zero-order valence-electron chi connectivity index (χ0n) is 10.9. The Bertz CT molecular complexity index is 455. The Morgan fingerprint density at radius 1 is 1.35 bits per heavy atom. The van der Waals surface area contributed by atoms with Gasteiger partial charge in [0.15, 0.2) is 0 Å². The minimum absolute atomic E-state index is 0.440. The van der Waals surface area contributed by atoms with Crippen molar-refractivity contribution in [3.63, 3.8) is 0 Å². The summed E-state index contributed by atoms with van der Waals surface area (Å²) in [6.45, 7) is 7.66. The van der Waals surface area contributed by atoms with Gasteiger partial charge in [0.2, 0.25) is 0 Å². The molecule has 0 aliphatic rings. The van der Waals surface area contributed by atoms with Crippen LogP contribution < -0.4 is 4.72 Å². The predicted octanol–water partition coefficient (Wildman–Crippen LogP) is 3.17. The average molecular weight is 275 g/mol. The van der Waals surface area contributed by atoms with Crippen LogP contribution in [0.1, 0.15) is 46.1 Å². The fraction of sp³-hybridized carbons (Fsp3) is 0.667. The fourth-order valence-corrected chi connectivity index (χ4v) is 4.45. The van der Waals surface area contributed by atoms with Crippen molar-refractivity contribution in [2.75, 3.05) is 0 Å². The number of hydrogen-bond acceptors (Lipinski definition) is 3. The summed E-state index contributed by atoms with van der Waals surface area (Å²) in [5, 5.41) is 1.85. The van der Waals surface area contributed by atoms with Crippen molar-refractivity contribution >= 4 is 21.4 Å². The number of sulfonamides is 1. The molecule has 17 heavy (non-hydrogen) atoms. The largest absolute Gasteiger partial charge is 0.250 e. The summed E-state index contributed by atoms with van der Waals surface area (Å²) in [7, 11) is -3.37. The van der Waals surface area contributed by atoms with Gasteiger partial charge in [-0.3, -0.25) is 0 Å². The van der Waals surface area contributed by atoms with Crippen molar-refractivity contribution in [1.82, 2.24) is 4.72 Å². The first-order chi connectivity index (χ1) is 7.76. The van der Waals surface area contributed by atoms with Crippen LogP contribution >= 0.6 is 11.3 Å². The highest BCUT2D eigenvalue weighted by Gasteiger charge is 2.25. The molecule has 1 N–H and O–H groups in total. The summed E-state index contributed by atoms with van der Waals surface area (Å²) in [5.74, 6) is 0. The van der Waals surface area contributed by atoms with Gasteiger partial charge in [0.25, 0.3) is 10.0 Å². The molecule has 1 rings (SSSR count). The van der Waals surface area contributed by atoms with Crippen LogP contribution in [0.5, 0.6) is 0 Å². The molecular formula is C12H21NO2S2. The second-order valence-corrected chi connectivity index (χ2v) is 7.99. The van der Waals surface area contributed by atoms with Crippen LogP contribution in [0, 0.1) is 0 Å². The van der Waals surface area contributed by atoms with Gasteiger partial charge in [-0.15, -0.1) is 11.3 Å². The third-order valence-electron chi connectivity index (χ3n) is 2.19. The number of rotatable bonds is 5. The smallest absolute Gasteiger partial charge is 0.206 e. The first-order valence-electron chi connectivity index (χ1n) is 5.86. The van der Waals surface area contributed by atoms with Gasteiger partial charge in [0, 0.05) is 5.54 Å². The summed E-state index contributed by atoms with van der Waals surface area (Å²) >= 11 is 1.30. The molecule has 0 saturated heterocycles. The van der Waals surface area contributed by atoms with Crippen LogP contribution in [0.2, 0.25) is 0 Å². The molecule has 1 heterocycles. The van der Waals surface area contributed by atoms with Crippen molar-refractivity contribution < 1.29 is 8.42 Å². The van der Waals surface area contributed by atoms with Crippen molar-refractivity contribution in [3.8, 4) is 0 Å². The maximum Gasteiger partial charge on any atom is 0.250 e. The van der Waals surface area contributed by atoms with Gasteiger partial charge >= 0.3 is 0 Å². The van der Waals surface area contributed by atoms with E-state index in [9.17, 15) is 8.42 Å². The van der Waals surface area contributed by atoms with Crippen LogP contribution in [-0.2, 0) is 16.4 Å². The maximum atomic E-state index is 12.2. The van der Waals surface area contributed by atoms with Crippen LogP contribution in [0.25, 0.3) is 0 Å². The number of thiophene rings is 1. The van der Waals surface area contributed by atoms with E-state index in [2.05, 4.69) is 11.6 Å². The first-order valence-corrected chi connectivity index (χ1v) is 8.23. The van der Waals surface area contributed by atoms with Gasteiger partial charge < -0.3 is 0 Å². The molecule has 1 aromatic rings. The molecule has 0 atom stereocenters. The van der Waals surface area contributed by atoms with Gasteiger partial charge in [-0.25, -0.2) is 13.1 Å². The quantitative estimate of drug-likeness (QED) is 0.897. The molecule has 0 unspecified atom stereocenters. The second-order valence-electron chi connectivity index (χ2n) is 5.19. The highest BCUT2D eigenvalue weighted by atomic mass is 32.2. The lowest BCUT2D eigenvalue weighted by atomic mass is 10.1. The molecule has 0 fully saturated rings. The molecule has 0 radical (unpaired) electrons. The monoisotopic (exact) mass is 275 g/mol. The molecule has 3 nitrogen and oxygen atoms in total. The van der Waals surface area contributed by atoms with E-state index in [-0.39, 0.29) is 0 Å². The minimum Gasteiger partial charge on any atom is -0.206 e. The van der Waals surface area contributed by atoms with Gasteiger partial charge in [-0.1, -0.05) is 13.3 Å². The first kappa shape index (κ1) is 14.7. The van der Waals surface area contributed by atoms with Crippen LogP contribution in [0.4, 0.5) is 0 Å². The normalized spacial score (nSPS) is 12.9. The SMILES string of the molecule is CCCCc1ccsc1S(=O)(=O)NC(C)(C)C. The summed E-state index contributed by atoms with van der Waals surface area (Å²) in [4.78, 5) is 0. The third-order valence-corrected chi connectivity index (χ3v) is 5.52. The molecule has 0 aliphatic carbocycles. The Balaban J connectivity index is 2.95. The van der Waals surface area contributed by atoms with E-state index in [0.717, 1.165) is 24.8 Å². The van der Waals surface area contributed by atoms with E-state index in [1.807, 2.05) is 32.2 Å². The van der Waals surface area contributed by atoms with E-state index < -0.39 is 15.6 Å². The summed E-state index contributed by atoms with van der Waals surface area (Å²) in [6, 6.07) is 1.91. The molecule has 0 amide bonds. The van der Waals surface area contributed by atoms with E-state index >= 15 is 0 Å². The fourth-order valence-electron chi connectivity index (χ4n) is 1.56.